The topological polar surface area (TPSA) is 70.3 Å². The normalized spacial score (nSPS) is 9.50. The first kappa shape index (κ1) is 11.7. The van der Waals surface area contributed by atoms with Crippen molar-refractivity contribution in [3.63, 3.8) is 0 Å². The van der Waals surface area contributed by atoms with Crippen molar-refractivity contribution in [2.24, 2.45) is 0 Å². The Labute approximate surface area is 104 Å². The maximum absolute atomic E-state index is 10.8. The largest absolute Gasteiger partial charge is 0.478 e. The maximum atomic E-state index is 10.8. The number of nitrogens with zero attached hydrogens (tertiary/aromatic N) is 1. The van der Waals surface area contributed by atoms with Gasteiger partial charge in [0.05, 0.1) is 17.2 Å². The fourth-order valence-electron chi connectivity index (χ4n) is 1.43. The zero-order valence-electron chi connectivity index (χ0n) is 9.33. The van der Waals surface area contributed by atoms with Crippen LogP contribution in [0.25, 0.3) is 0 Å². The van der Waals surface area contributed by atoms with Crippen molar-refractivity contribution >= 4 is 5.97 Å². The van der Waals surface area contributed by atoms with Gasteiger partial charge < -0.3 is 9.84 Å². The lowest BCUT2D eigenvalue weighted by Gasteiger charge is -2.06. The number of aromatic carboxylic acids is 1. The monoisotopic (exact) mass is 239 g/mol. The summed E-state index contributed by atoms with van der Waals surface area (Å²) < 4.78 is 5.50. The molecule has 18 heavy (non-hydrogen) atoms. The Bertz CT molecular complexity index is 612. The fraction of sp³-hybridized carbons (Fsp3) is 0. The van der Waals surface area contributed by atoms with Crippen LogP contribution in [-0.4, -0.2) is 11.1 Å². The molecule has 0 saturated heterocycles. The molecule has 0 radical (unpaired) electrons. The van der Waals surface area contributed by atoms with Gasteiger partial charge in [-0.2, -0.15) is 5.26 Å². The van der Waals surface area contributed by atoms with Gasteiger partial charge in [0.15, 0.2) is 0 Å². The molecule has 0 aliphatic heterocycles. The van der Waals surface area contributed by atoms with Gasteiger partial charge in [-0.25, -0.2) is 4.79 Å². The molecule has 2 aromatic rings. The van der Waals surface area contributed by atoms with Crippen LogP contribution in [0.4, 0.5) is 0 Å². The molecule has 0 aliphatic carbocycles. The molecular weight excluding hydrogens is 230 g/mol. The summed E-state index contributed by atoms with van der Waals surface area (Å²) in [4.78, 5) is 10.8. The lowest BCUT2D eigenvalue weighted by atomic mass is 10.2. The molecule has 0 aliphatic rings. The van der Waals surface area contributed by atoms with Crippen LogP contribution in [0, 0.1) is 11.3 Å². The quantitative estimate of drug-likeness (QED) is 0.893. The summed E-state index contributed by atoms with van der Waals surface area (Å²) in [6.45, 7) is 0. The number of ether oxygens (including phenoxy) is 1. The molecule has 2 aromatic carbocycles. The molecule has 0 heterocycles. The first-order chi connectivity index (χ1) is 8.69. The summed E-state index contributed by atoms with van der Waals surface area (Å²) in [5.74, 6) is -0.00331. The standard InChI is InChI=1S/C14H9NO3/c15-9-10-4-6-12(7-5-10)18-13-3-1-2-11(8-13)14(16)17/h1-8H,(H,16,17). The molecule has 88 valence electrons. The van der Waals surface area contributed by atoms with Gasteiger partial charge in [-0.05, 0) is 42.5 Å². The van der Waals surface area contributed by atoms with Gasteiger partial charge in [-0.1, -0.05) is 6.07 Å². The summed E-state index contributed by atoms with van der Waals surface area (Å²) in [5.41, 5.74) is 0.711. The van der Waals surface area contributed by atoms with Gasteiger partial charge in [-0.15, -0.1) is 0 Å². The van der Waals surface area contributed by atoms with E-state index in [4.69, 9.17) is 15.1 Å². The minimum absolute atomic E-state index is 0.168. The molecule has 0 unspecified atom stereocenters. The van der Waals surface area contributed by atoms with Crippen molar-refractivity contribution < 1.29 is 14.6 Å². The van der Waals surface area contributed by atoms with Crippen LogP contribution in [0.15, 0.2) is 48.5 Å². The molecule has 4 nitrogen and oxygen atoms in total. The van der Waals surface area contributed by atoms with E-state index in [0.29, 0.717) is 17.1 Å². The molecular formula is C14H9NO3. The highest BCUT2D eigenvalue weighted by atomic mass is 16.5. The van der Waals surface area contributed by atoms with Crippen molar-refractivity contribution in [1.29, 1.82) is 5.26 Å². The molecule has 1 N–H and O–H groups in total. The molecule has 0 amide bonds. The summed E-state index contributed by atoms with van der Waals surface area (Å²) in [7, 11) is 0. The van der Waals surface area contributed by atoms with Crippen molar-refractivity contribution in [1.82, 2.24) is 0 Å². The van der Waals surface area contributed by atoms with Gasteiger partial charge >= 0.3 is 5.97 Å². The van der Waals surface area contributed by atoms with Crippen LogP contribution >= 0.6 is 0 Å². The van der Waals surface area contributed by atoms with Gasteiger partial charge in [0.25, 0.3) is 0 Å². The molecule has 0 aromatic heterocycles. The van der Waals surface area contributed by atoms with Gasteiger partial charge in [0.2, 0.25) is 0 Å². The Hall–Kier alpha value is -2.80. The van der Waals surface area contributed by atoms with Gasteiger partial charge in [0.1, 0.15) is 11.5 Å². The highest BCUT2D eigenvalue weighted by molar-refractivity contribution is 5.88. The number of rotatable bonds is 3. The molecule has 2 rings (SSSR count). The Morgan fingerprint density at radius 1 is 1.11 bits per heavy atom. The van der Waals surface area contributed by atoms with Crippen LogP contribution in [0.3, 0.4) is 0 Å². The highest BCUT2D eigenvalue weighted by Crippen LogP contribution is 2.22. The van der Waals surface area contributed by atoms with E-state index in [1.54, 1.807) is 36.4 Å². The number of carbonyl (C=O) groups is 1. The SMILES string of the molecule is N#Cc1ccc(Oc2cccc(C(=O)O)c2)cc1. The fourth-order valence-corrected chi connectivity index (χ4v) is 1.43. The first-order valence-electron chi connectivity index (χ1n) is 5.20. The maximum Gasteiger partial charge on any atom is 0.335 e. The van der Waals surface area contributed by atoms with Crippen LogP contribution in [0.2, 0.25) is 0 Å². The Morgan fingerprint density at radius 3 is 2.44 bits per heavy atom. The lowest BCUT2D eigenvalue weighted by molar-refractivity contribution is 0.0696. The third-order valence-electron chi connectivity index (χ3n) is 2.30. The van der Waals surface area contributed by atoms with Crippen molar-refractivity contribution in [3.8, 4) is 17.6 Å². The van der Waals surface area contributed by atoms with E-state index in [0.717, 1.165) is 0 Å². The van der Waals surface area contributed by atoms with Crippen molar-refractivity contribution in [2.45, 2.75) is 0 Å². The number of hydrogen-bond acceptors (Lipinski definition) is 3. The molecule has 0 spiro atoms. The Kier molecular flexibility index (Phi) is 3.26. The Balaban J connectivity index is 2.20. The van der Waals surface area contributed by atoms with Crippen LogP contribution in [0.1, 0.15) is 15.9 Å². The van der Waals surface area contributed by atoms with E-state index in [2.05, 4.69) is 0 Å². The predicted octanol–water partition coefficient (Wildman–Crippen LogP) is 3.05. The molecule has 0 fully saturated rings. The number of hydrogen-bond donors (Lipinski definition) is 1. The summed E-state index contributed by atoms with van der Waals surface area (Å²) >= 11 is 0. The van der Waals surface area contributed by atoms with Crippen LogP contribution in [0.5, 0.6) is 11.5 Å². The second-order valence-corrected chi connectivity index (χ2v) is 3.57. The molecule has 4 heteroatoms. The van der Waals surface area contributed by atoms with Crippen LogP contribution < -0.4 is 4.74 Å². The van der Waals surface area contributed by atoms with Crippen molar-refractivity contribution in [3.05, 3.63) is 59.7 Å². The van der Waals surface area contributed by atoms with Gasteiger partial charge in [-0.3, -0.25) is 0 Å². The predicted molar refractivity (Wildman–Crippen MR) is 64.6 cm³/mol. The second kappa shape index (κ2) is 5.02. The minimum atomic E-state index is -1.000. The average molecular weight is 239 g/mol. The molecule has 0 atom stereocenters. The highest BCUT2D eigenvalue weighted by Gasteiger charge is 2.04. The minimum Gasteiger partial charge on any atom is -0.478 e. The third kappa shape index (κ3) is 2.66. The lowest BCUT2D eigenvalue weighted by Crippen LogP contribution is -1.96. The Morgan fingerprint density at radius 2 is 1.83 bits per heavy atom. The first-order valence-corrected chi connectivity index (χ1v) is 5.20. The average Bonchev–Trinajstić information content (AvgIpc) is 2.40. The van der Waals surface area contributed by atoms with E-state index in [1.807, 2.05) is 6.07 Å². The summed E-state index contributed by atoms with van der Waals surface area (Å²) in [6.07, 6.45) is 0. The van der Waals surface area contributed by atoms with Crippen molar-refractivity contribution in [2.75, 3.05) is 0 Å². The summed E-state index contributed by atoms with van der Waals surface area (Å²) in [6, 6.07) is 14.8. The molecule has 0 saturated carbocycles. The van der Waals surface area contributed by atoms with E-state index in [9.17, 15) is 4.79 Å². The van der Waals surface area contributed by atoms with E-state index >= 15 is 0 Å². The second-order valence-electron chi connectivity index (χ2n) is 3.57. The third-order valence-corrected chi connectivity index (χ3v) is 2.30. The molecule has 0 bridgehead atoms. The van der Waals surface area contributed by atoms with E-state index in [1.165, 1.54) is 12.1 Å². The van der Waals surface area contributed by atoms with E-state index < -0.39 is 5.97 Å². The zero-order chi connectivity index (χ0) is 13.0. The smallest absolute Gasteiger partial charge is 0.335 e. The van der Waals surface area contributed by atoms with E-state index in [-0.39, 0.29) is 5.56 Å². The number of carboxylic acid groups (broad SMARTS) is 1. The van der Waals surface area contributed by atoms with Crippen LogP contribution in [-0.2, 0) is 0 Å². The number of carboxylic acids is 1. The number of benzene rings is 2. The van der Waals surface area contributed by atoms with Gasteiger partial charge in [0, 0.05) is 0 Å². The summed E-state index contributed by atoms with van der Waals surface area (Å²) in [5, 5.41) is 17.5. The number of nitriles is 1. The zero-order valence-corrected chi connectivity index (χ0v) is 9.33.